The number of amides is 1. The van der Waals surface area contributed by atoms with Gasteiger partial charge in [-0.2, -0.15) is 0 Å². The number of rotatable bonds is 8. The van der Waals surface area contributed by atoms with E-state index >= 15 is 0 Å². The number of hydrogen-bond acceptors (Lipinski definition) is 8. The van der Waals surface area contributed by atoms with E-state index in [1.807, 2.05) is 24.3 Å². The maximum atomic E-state index is 13.9. The Morgan fingerprint density at radius 2 is 2.00 bits per heavy atom. The molecule has 10 heteroatoms. The lowest BCUT2D eigenvalue weighted by Gasteiger charge is -2.23. The number of carbonyl (C=O) groups is 2. The highest BCUT2D eigenvalue weighted by atomic mass is 79.9. The van der Waals surface area contributed by atoms with Crippen molar-refractivity contribution in [3.05, 3.63) is 84.6 Å². The smallest absolute Gasteiger partial charge is 0.350 e. The Kier molecular flexibility index (Phi) is 7.36. The van der Waals surface area contributed by atoms with Crippen molar-refractivity contribution >= 4 is 55.2 Å². The van der Waals surface area contributed by atoms with Crippen molar-refractivity contribution in [2.45, 2.75) is 39.2 Å². The number of nitrogens with zero attached hydrogens (tertiary/aromatic N) is 2. The zero-order valence-corrected chi connectivity index (χ0v) is 23.5. The number of unbranched alkanes of at least 4 members (excludes halogenated alkanes) is 2. The third-order valence-corrected chi connectivity index (χ3v) is 8.01. The van der Waals surface area contributed by atoms with Gasteiger partial charge in [0.1, 0.15) is 16.2 Å². The Balaban J connectivity index is 1.68. The summed E-state index contributed by atoms with van der Waals surface area (Å²) in [5.74, 6) is -0.458. The summed E-state index contributed by atoms with van der Waals surface area (Å²) >= 11 is 4.45. The molecule has 2 aromatic heterocycles. The van der Waals surface area contributed by atoms with E-state index in [-0.39, 0.29) is 26.8 Å². The van der Waals surface area contributed by atoms with Gasteiger partial charge in [-0.3, -0.25) is 14.5 Å². The lowest BCUT2D eigenvalue weighted by atomic mass is 9.98. The zero-order valence-electron chi connectivity index (χ0n) is 21.1. The molecular formula is C28H25BrN2O6S. The van der Waals surface area contributed by atoms with Crippen LogP contribution in [0.2, 0.25) is 0 Å². The van der Waals surface area contributed by atoms with Crippen molar-refractivity contribution in [1.29, 1.82) is 0 Å². The van der Waals surface area contributed by atoms with Crippen LogP contribution in [0.15, 0.2) is 56.1 Å². The van der Waals surface area contributed by atoms with E-state index in [0.29, 0.717) is 34.6 Å². The van der Waals surface area contributed by atoms with Gasteiger partial charge >= 0.3 is 5.97 Å². The van der Waals surface area contributed by atoms with Crippen LogP contribution < -0.4 is 15.1 Å². The summed E-state index contributed by atoms with van der Waals surface area (Å²) < 4.78 is 17.6. The van der Waals surface area contributed by atoms with E-state index < -0.39 is 17.9 Å². The number of anilines is 1. The Hall–Kier alpha value is -3.50. The average molecular weight is 597 g/mol. The first-order valence-corrected chi connectivity index (χ1v) is 13.8. The molecular weight excluding hydrogens is 572 g/mol. The van der Waals surface area contributed by atoms with Gasteiger partial charge < -0.3 is 13.9 Å². The molecule has 196 valence electrons. The number of thiazole rings is 1. The van der Waals surface area contributed by atoms with Gasteiger partial charge in [-0.05, 0) is 49.2 Å². The fourth-order valence-electron chi connectivity index (χ4n) is 4.54. The quantitative estimate of drug-likeness (QED) is 0.171. The standard InChI is InChI=1S/C28H25BrN2O6S/c1-4-5-6-12-36-18-9-7-8-16(13-18)22-21-23(32)19-14-17(29)10-11-20(19)37-24(21)26(33)31(22)28-30-15(2)25(38-28)27(34)35-3/h7-11,13-14,22H,4-6,12H2,1-3H3. The Morgan fingerprint density at radius 1 is 1.18 bits per heavy atom. The number of esters is 1. The van der Waals surface area contributed by atoms with Crippen molar-refractivity contribution in [1.82, 2.24) is 4.98 Å². The third kappa shape index (κ3) is 4.63. The second-order valence-corrected chi connectivity index (χ2v) is 10.8. The number of carbonyl (C=O) groups excluding carboxylic acids is 2. The largest absolute Gasteiger partial charge is 0.494 e. The molecule has 1 aliphatic rings. The molecule has 0 spiro atoms. The van der Waals surface area contributed by atoms with Crippen LogP contribution in [0.5, 0.6) is 5.75 Å². The number of methoxy groups -OCH3 is 1. The molecule has 0 bridgehead atoms. The molecule has 1 aliphatic heterocycles. The van der Waals surface area contributed by atoms with Gasteiger partial charge in [-0.1, -0.05) is 59.2 Å². The molecule has 0 aliphatic carbocycles. The van der Waals surface area contributed by atoms with Crippen LogP contribution in [0.1, 0.15) is 69.3 Å². The maximum absolute atomic E-state index is 13.9. The topological polar surface area (TPSA) is 98.9 Å². The van der Waals surface area contributed by atoms with Gasteiger partial charge in [0.25, 0.3) is 5.91 Å². The average Bonchev–Trinajstić information content (AvgIpc) is 3.44. The van der Waals surface area contributed by atoms with E-state index in [1.165, 1.54) is 12.0 Å². The normalized spacial score (nSPS) is 14.7. The van der Waals surface area contributed by atoms with Crippen molar-refractivity contribution < 1.29 is 23.5 Å². The van der Waals surface area contributed by atoms with Gasteiger partial charge in [-0.25, -0.2) is 9.78 Å². The number of aryl methyl sites for hydroxylation is 1. The van der Waals surface area contributed by atoms with Crippen LogP contribution in [0.4, 0.5) is 5.13 Å². The lowest BCUT2D eigenvalue weighted by molar-refractivity contribution is 0.0605. The highest BCUT2D eigenvalue weighted by Gasteiger charge is 2.45. The maximum Gasteiger partial charge on any atom is 0.350 e. The minimum Gasteiger partial charge on any atom is -0.494 e. The number of hydrogen-bond donors (Lipinski definition) is 0. The molecule has 5 rings (SSSR count). The summed E-state index contributed by atoms with van der Waals surface area (Å²) in [7, 11) is 1.29. The van der Waals surface area contributed by atoms with Gasteiger partial charge in [0.2, 0.25) is 5.76 Å². The zero-order chi connectivity index (χ0) is 27.0. The molecule has 2 aromatic carbocycles. The van der Waals surface area contributed by atoms with Crippen LogP contribution in [0, 0.1) is 6.92 Å². The van der Waals surface area contributed by atoms with Gasteiger partial charge in [0, 0.05) is 4.47 Å². The Bertz CT molecular complexity index is 1610. The van der Waals surface area contributed by atoms with E-state index in [9.17, 15) is 14.4 Å². The second-order valence-electron chi connectivity index (χ2n) is 8.92. The van der Waals surface area contributed by atoms with Crippen LogP contribution in [-0.4, -0.2) is 30.6 Å². The van der Waals surface area contributed by atoms with Gasteiger partial charge in [0.05, 0.1) is 36.4 Å². The van der Waals surface area contributed by atoms with Crippen molar-refractivity contribution in [2.75, 3.05) is 18.6 Å². The fourth-order valence-corrected chi connectivity index (χ4v) is 5.91. The van der Waals surface area contributed by atoms with Gasteiger partial charge in [0.15, 0.2) is 10.6 Å². The molecule has 0 saturated carbocycles. The van der Waals surface area contributed by atoms with E-state index in [0.717, 1.165) is 35.1 Å². The molecule has 1 atom stereocenters. The summed E-state index contributed by atoms with van der Waals surface area (Å²) in [6.45, 7) is 4.37. The predicted molar refractivity (Wildman–Crippen MR) is 148 cm³/mol. The van der Waals surface area contributed by atoms with Crippen LogP contribution >= 0.6 is 27.3 Å². The molecule has 0 saturated heterocycles. The van der Waals surface area contributed by atoms with Gasteiger partial charge in [-0.15, -0.1) is 0 Å². The summed E-state index contributed by atoms with van der Waals surface area (Å²) in [6.07, 6.45) is 3.07. The lowest BCUT2D eigenvalue weighted by Crippen LogP contribution is -2.29. The van der Waals surface area contributed by atoms with Crippen molar-refractivity contribution in [2.24, 2.45) is 0 Å². The highest BCUT2D eigenvalue weighted by Crippen LogP contribution is 2.44. The molecule has 1 unspecified atom stereocenters. The summed E-state index contributed by atoms with van der Waals surface area (Å²) in [4.78, 5) is 46.2. The molecule has 1 amide bonds. The summed E-state index contributed by atoms with van der Waals surface area (Å²) in [6, 6.07) is 11.6. The fraction of sp³-hybridized carbons (Fsp3) is 0.286. The third-order valence-electron chi connectivity index (χ3n) is 6.38. The minimum absolute atomic E-state index is 0.0449. The summed E-state index contributed by atoms with van der Waals surface area (Å²) in [5.41, 5.74) is 1.32. The molecule has 0 fully saturated rings. The van der Waals surface area contributed by atoms with Crippen molar-refractivity contribution in [3.8, 4) is 5.75 Å². The van der Waals surface area contributed by atoms with Crippen LogP contribution in [0.25, 0.3) is 11.0 Å². The van der Waals surface area contributed by atoms with E-state index in [4.69, 9.17) is 13.9 Å². The first-order chi connectivity index (χ1) is 18.3. The van der Waals surface area contributed by atoms with E-state index in [2.05, 4.69) is 27.8 Å². The van der Waals surface area contributed by atoms with Crippen LogP contribution in [0.3, 0.4) is 0 Å². The SMILES string of the molecule is CCCCCOc1cccc(C2c3c(oc4ccc(Br)cc4c3=O)C(=O)N2c2nc(C)c(C(=O)OC)s2)c1. The molecule has 4 aromatic rings. The number of halogens is 1. The first kappa shape index (κ1) is 26.1. The number of benzene rings is 2. The number of ether oxygens (including phenoxy) is 2. The Morgan fingerprint density at radius 3 is 2.76 bits per heavy atom. The monoisotopic (exact) mass is 596 g/mol. The highest BCUT2D eigenvalue weighted by molar-refractivity contribution is 9.10. The number of aromatic nitrogens is 1. The molecule has 8 nitrogen and oxygen atoms in total. The molecule has 38 heavy (non-hydrogen) atoms. The molecule has 0 N–H and O–H groups in total. The second kappa shape index (κ2) is 10.7. The first-order valence-electron chi connectivity index (χ1n) is 12.2. The van der Waals surface area contributed by atoms with Crippen molar-refractivity contribution in [3.63, 3.8) is 0 Å². The van der Waals surface area contributed by atoms with E-state index in [1.54, 1.807) is 25.1 Å². The predicted octanol–water partition coefficient (Wildman–Crippen LogP) is 6.43. The molecule has 3 heterocycles. The molecule has 0 radical (unpaired) electrons. The van der Waals surface area contributed by atoms with Crippen LogP contribution in [-0.2, 0) is 4.74 Å². The number of fused-ring (bicyclic) bond motifs is 2. The Labute approximate surface area is 231 Å². The summed E-state index contributed by atoms with van der Waals surface area (Å²) in [5, 5.41) is 0.624. The minimum atomic E-state index is -0.827.